The maximum atomic E-state index is 13.3. The smallest absolute Gasteiger partial charge is 0.324 e. The van der Waals surface area contributed by atoms with Crippen molar-refractivity contribution in [2.45, 2.75) is 42.5 Å². The molecule has 7 heteroatoms. The second kappa shape index (κ2) is 9.91. The minimum Gasteiger partial charge on any atom is -0.348 e. The molecule has 2 aliphatic rings. The van der Waals surface area contributed by atoms with Gasteiger partial charge in [0.1, 0.15) is 0 Å². The maximum Gasteiger partial charge on any atom is 0.324 e. The van der Waals surface area contributed by atoms with Crippen molar-refractivity contribution in [1.82, 2.24) is 0 Å². The first-order valence-corrected chi connectivity index (χ1v) is 10.3. The average molecular weight is 368 g/mol. The van der Waals surface area contributed by atoms with Gasteiger partial charge in [-0.2, -0.15) is 24.4 Å². The van der Waals surface area contributed by atoms with Crippen LogP contribution in [0.15, 0.2) is 24.3 Å². The van der Waals surface area contributed by atoms with Gasteiger partial charge in [-0.05, 0) is 43.9 Å². The molecule has 2 fully saturated rings. The quantitative estimate of drug-likeness (QED) is 0.389. The lowest BCUT2D eigenvalue weighted by atomic mass is 9.88. The predicted octanol–water partition coefficient (Wildman–Crippen LogP) is 4.94. The standard InChI is InChI=1S/C16H23F3O2S2/c1-22-13-10-20-15(21-11-13)5-3-2-4-12-6-8-14(9-7-12)23(19)16(17)18/h2-5,12-15H,6-11H2,1H3/b4-2+,5-3+. The van der Waals surface area contributed by atoms with Crippen molar-refractivity contribution in [3.8, 4) is 0 Å². The topological polar surface area (TPSA) is 18.5 Å². The fourth-order valence-electron chi connectivity index (χ4n) is 2.74. The summed E-state index contributed by atoms with van der Waals surface area (Å²) in [5.41, 5.74) is 0. The first-order chi connectivity index (χ1) is 11.1. The van der Waals surface area contributed by atoms with Crippen LogP contribution in [0.4, 0.5) is 12.7 Å². The Balaban J connectivity index is 1.69. The lowest BCUT2D eigenvalue weighted by Crippen LogP contribution is -2.32. The van der Waals surface area contributed by atoms with Gasteiger partial charge in [0.25, 0.3) is 0 Å². The van der Waals surface area contributed by atoms with Crippen molar-refractivity contribution in [3.63, 3.8) is 0 Å². The Morgan fingerprint density at radius 1 is 1.04 bits per heavy atom. The summed E-state index contributed by atoms with van der Waals surface area (Å²) in [6.45, 7) is 1.38. The largest absolute Gasteiger partial charge is 0.348 e. The molecule has 2 nitrogen and oxygen atoms in total. The van der Waals surface area contributed by atoms with E-state index in [4.69, 9.17) is 9.47 Å². The van der Waals surface area contributed by atoms with E-state index in [1.165, 1.54) is 0 Å². The molecule has 23 heavy (non-hydrogen) atoms. The van der Waals surface area contributed by atoms with Crippen molar-refractivity contribution in [1.29, 1.82) is 0 Å². The zero-order chi connectivity index (χ0) is 16.7. The van der Waals surface area contributed by atoms with Crippen LogP contribution < -0.4 is 0 Å². The van der Waals surface area contributed by atoms with E-state index in [1.54, 1.807) is 11.8 Å². The number of ether oxygens (including phenoxy) is 2. The molecule has 0 aromatic heterocycles. The Bertz CT molecular complexity index is 448. The van der Waals surface area contributed by atoms with Gasteiger partial charge in [-0.3, -0.25) is 0 Å². The van der Waals surface area contributed by atoms with Gasteiger partial charge in [0, 0.05) is 5.25 Å². The lowest BCUT2D eigenvalue weighted by molar-refractivity contribution is -0.146. The van der Waals surface area contributed by atoms with Crippen LogP contribution in [0, 0.1) is 5.92 Å². The van der Waals surface area contributed by atoms with Crippen molar-refractivity contribution in [2.24, 2.45) is 5.92 Å². The Morgan fingerprint density at radius 3 is 2.22 bits per heavy atom. The van der Waals surface area contributed by atoms with E-state index in [0.717, 1.165) is 12.8 Å². The molecule has 0 spiro atoms. The molecular formula is C16H23F3O2S2. The molecule has 1 unspecified atom stereocenters. The van der Waals surface area contributed by atoms with Gasteiger partial charge in [-0.15, -0.1) is 0 Å². The van der Waals surface area contributed by atoms with Crippen LogP contribution in [-0.4, -0.2) is 41.6 Å². The summed E-state index contributed by atoms with van der Waals surface area (Å²) in [5.74, 6) is 0.338. The van der Waals surface area contributed by atoms with E-state index in [-0.39, 0.29) is 6.29 Å². The summed E-state index contributed by atoms with van der Waals surface area (Å²) in [7, 11) is -2.33. The van der Waals surface area contributed by atoms with Gasteiger partial charge in [-0.1, -0.05) is 18.2 Å². The second-order valence-electron chi connectivity index (χ2n) is 5.71. The molecule has 0 N–H and O–H groups in total. The van der Waals surface area contributed by atoms with Crippen LogP contribution in [0.1, 0.15) is 25.7 Å². The van der Waals surface area contributed by atoms with Crippen LogP contribution in [0.25, 0.3) is 0 Å². The van der Waals surface area contributed by atoms with Gasteiger partial charge in [0.15, 0.2) is 6.29 Å². The summed E-state index contributed by atoms with van der Waals surface area (Å²) in [6, 6.07) is 0. The number of thioether (sulfide) groups is 1. The first kappa shape index (κ1) is 19.1. The highest BCUT2D eigenvalue weighted by molar-refractivity contribution is 8.11. The Morgan fingerprint density at radius 2 is 1.65 bits per heavy atom. The van der Waals surface area contributed by atoms with Crippen LogP contribution in [0.3, 0.4) is 0 Å². The minimum atomic E-state index is -2.33. The van der Waals surface area contributed by atoms with Crippen molar-refractivity contribution in [3.05, 3.63) is 24.3 Å². The lowest BCUT2D eigenvalue weighted by Gasteiger charge is -2.26. The zero-order valence-electron chi connectivity index (χ0n) is 13.1. The molecular weight excluding hydrogens is 345 g/mol. The van der Waals surface area contributed by atoms with E-state index in [2.05, 4.69) is 6.08 Å². The summed E-state index contributed by atoms with van der Waals surface area (Å²) in [4.78, 5) is 0. The van der Waals surface area contributed by atoms with Crippen LogP contribution in [0.2, 0.25) is 0 Å². The molecule has 0 radical (unpaired) electrons. The number of halogens is 3. The van der Waals surface area contributed by atoms with Gasteiger partial charge in [0.05, 0.1) is 29.3 Å². The van der Waals surface area contributed by atoms with Crippen molar-refractivity contribution >= 4 is 28.0 Å². The molecule has 1 aliphatic carbocycles. The van der Waals surface area contributed by atoms with Gasteiger partial charge in [-0.25, -0.2) is 0 Å². The fourth-order valence-corrected chi connectivity index (χ4v) is 4.11. The molecule has 0 aromatic rings. The van der Waals surface area contributed by atoms with Gasteiger partial charge in [0.2, 0.25) is 0 Å². The number of rotatable bonds is 5. The summed E-state index contributed by atoms with van der Waals surface area (Å²) in [5, 5.41) is -2.14. The molecule has 1 aliphatic heterocycles. The monoisotopic (exact) mass is 368 g/mol. The average Bonchev–Trinajstić information content (AvgIpc) is 2.59. The molecule has 1 heterocycles. The predicted molar refractivity (Wildman–Crippen MR) is 92.9 cm³/mol. The molecule has 0 aromatic carbocycles. The van der Waals surface area contributed by atoms with E-state index >= 15 is 0 Å². The SMILES string of the molecule is CSC1COC(/C=C/C=C/C2CCC(S(F)=C(F)F)CC2)OC1. The second-order valence-corrected chi connectivity index (χ2v) is 8.39. The molecule has 132 valence electrons. The molecule has 1 saturated heterocycles. The molecule has 1 atom stereocenters. The third-order valence-corrected chi connectivity index (χ3v) is 6.44. The highest BCUT2D eigenvalue weighted by Gasteiger charge is 2.24. The maximum absolute atomic E-state index is 13.3. The zero-order valence-corrected chi connectivity index (χ0v) is 14.8. The Labute approximate surface area is 142 Å². The van der Waals surface area contributed by atoms with E-state index in [9.17, 15) is 12.7 Å². The summed E-state index contributed by atoms with van der Waals surface area (Å²) in [6.07, 6.45) is 12.1. The minimum absolute atomic E-state index is 0.296. The van der Waals surface area contributed by atoms with Crippen LogP contribution in [-0.2, 0) is 9.47 Å². The van der Waals surface area contributed by atoms with Crippen molar-refractivity contribution < 1.29 is 22.1 Å². The first-order valence-electron chi connectivity index (χ1n) is 7.78. The third-order valence-electron chi connectivity index (χ3n) is 4.15. The highest BCUT2D eigenvalue weighted by Crippen LogP contribution is 2.38. The van der Waals surface area contributed by atoms with Crippen molar-refractivity contribution in [2.75, 3.05) is 19.5 Å². The molecule has 1 saturated carbocycles. The van der Waals surface area contributed by atoms with Crippen LogP contribution >= 0.6 is 22.6 Å². The molecule has 2 rings (SSSR count). The van der Waals surface area contributed by atoms with Gasteiger partial charge >= 0.3 is 5.37 Å². The Hall–Kier alpha value is -0.240. The summed E-state index contributed by atoms with van der Waals surface area (Å²) < 4.78 is 49.0. The normalized spacial score (nSPS) is 34.1. The number of allylic oxidation sites excluding steroid dienone is 3. The van der Waals surface area contributed by atoms with Gasteiger partial charge < -0.3 is 9.47 Å². The Kier molecular flexibility index (Phi) is 8.23. The fraction of sp³-hybridized carbons (Fsp3) is 0.688. The van der Waals surface area contributed by atoms with E-state index in [0.29, 0.717) is 37.2 Å². The number of hydrogen-bond acceptors (Lipinski definition) is 3. The molecule has 0 bridgehead atoms. The highest BCUT2D eigenvalue weighted by atomic mass is 32.2. The van der Waals surface area contributed by atoms with E-state index < -0.39 is 21.5 Å². The van der Waals surface area contributed by atoms with Crippen LogP contribution in [0.5, 0.6) is 0 Å². The van der Waals surface area contributed by atoms with E-state index in [1.807, 2.05) is 24.5 Å². The third kappa shape index (κ3) is 6.29. The summed E-state index contributed by atoms with van der Waals surface area (Å²) >= 11 is 1.74. The number of hydrogen-bond donors (Lipinski definition) is 0. The molecule has 0 amide bonds.